The second-order valence-electron chi connectivity index (χ2n) is 4.06. The Labute approximate surface area is 115 Å². The van der Waals surface area contributed by atoms with E-state index in [-0.39, 0.29) is 5.91 Å². The van der Waals surface area contributed by atoms with Gasteiger partial charge in [0.15, 0.2) is 0 Å². The summed E-state index contributed by atoms with van der Waals surface area (Å²) in [6, 6.07) is 3.80. The molecule has 0 radical (unpaired) electrons. The monoisotopic (exact) mass is 286 g/mol. The standard InChI is InChI=1S/C12H12Cl2N2O2/c1-2-3-10-11(17)16(12(18)15-10)7-4-5-8(13)9(14)6-7/h4-6,10H,2-3H2,1H3,(H,15,18). The van der Waals surface area contributed by atoms with Crippen LogP contribution in [0.3, 0.4) is 0 Å². The van der Waals surface area contributed by atoms with E-state index < -0.39 is 12.1 Å². The zero-order chi connectivity index (χ0) is 13.3. The van der Waals surface area contributed by atoms with Gasteiger partial charge in [-0.15, -0.1) is 0 Å². The van der Waals surface area contributed by atoms with Gasteiger partial charge in [-0.2, -0.15) is 0 Å². The number of halogens is 2. The van der Waals surface area contributed by atoms with Crippen LogP contribution in [0.25, 0.3) is 0 Å². The molecule has 0 aliphatic carbocycles. The van der Waals surface area contributed by atoms with E-state index in [1.54, 1.807) is 12.1 Å². The van der Waals surface area contributed by atoms with E-state index in [4.69, 9.17) is 23.2 Å². The van der Waals surface area contributed by atoms with E-state index >= 15 is 0 Å². The molecule has 1 fully saturated rings. The summed E-state index contributed by atoms with van der Waals surface area (Å²) in [6.45, 7) is 1.96. The Kier molecular flexibility index (Phi) is 3.78. The van der Waals surface area contributed by atoms with Crippen molar-refractivity contribution in [3.8, 4) is 0 Å². The smallest absolute Gasteiger partial charge is 0.325 e. The lowest BCUT2D eigenvalue weighted by Crippen LogP contribution is -2.31. The number of carbonyl (C=O) groups is 2. The van der Waals surface area contributed by atoms with Crippen LogP contribution in [0.15, 0.2) is 18.2 Å². The van der Waals surface area contributed by atoms with E-state index in [1.807, 2.05) is 6.92 Å². The van der Waals surface area contributed by atoms with Gasteiger partial charge in [-0.3, -0.25) is 4.79 Å². The van der Waals surface area contributed by atoms with Crippen LogP contribution in [-0.2, 0) is 4.79 Å². The van der Waals surface area contributed by atoms with Crippen LogP contribution in [0.1, 0.15) is 19.8 Å². The van der Waals surface area contributed by atoms with Gasteiger partial charge < -0.3 is 5.32 Å². The lowest BCUT2D eigenvalue weighted by molar-refractivity contribution is -0.118. The number of nitrogens with zero attached hydrogens (tertiary/aromatic N) is 1. The number of rotatable bonds is 3. The zero-order valence-electron chi connectivity index (χ0n) is 9.74. The summed E-state index contributed by atoms with van der Waals surface area (Å²) in [5.74, 6) is -0.250. The first-order valence-electron chi connectivity index (χ1n) is 5.64. The number of nitrogens with one attached hydrogen (secondary N) is 1. The van der Waals surface area contributed by atoms with E-state index in [2.05, 4.69) is 5.32 Å². The van der Waals surface area contributed by atoms with Crippen LogP contribution < -0.4 is 10.2 Å². The van der Waals surface area contributed by atoms with Crippen LogP contribution >= 0.6 is 23.2 Å². The molecule has 6 heteroatoms. The van der Waals surface area contributed by atoms with Crippen molar-refractivity contribution in [1.29, 1.82) is 0 Å². The molecule has 1 unspecified atom stereocenters. The Morgan fingerprint density at radius 2 is 2.00 bits per heavy atom. The summed E-state index contributed by atoms with van der Waals surface area (Å²) in [5, 5.41) is 3.35. The molecule has 2 rings (SSSR count). The SMILES string of the molecule is CCCC1NC(=O)N(c2ccc(Cl)c(Cl)c2)C1=O. The van der Waals surface area contributed by atoms with Gasteiger partial charge in [0.1, 0.15) is 6.04 Å². The molecule has 1 aromatic rings. The summed E-state index contributed by atoms with van der Waals surface area (Å²) in [7, 11) is 0. The maximum absolute atomic E-state index is 12.1. The maximum atomic E-state index is 12.1. The number of carbonyl (C=O) groups excluding carboxylic acids is 2. The Morgan fingerprint density at radius 3 is 2.61 bits per heavy atom. The topological polar surface area (TPSA) is 49.4 Å². The van der Waals surface area contributed by atoms with Crippen molar-refractivity contribution in [3.63, 3.8) is 0 Å². The van der Waals surface area contributed by atoms with Gasteiger partial charge in [0, 0.05) is 0 Å². The number of urea groups is 1. The minimum absolute atomic E-state index is 0.250. The van der Waals surface area contributed by atoms with Crippen molar-refractivity contribution in [2.45, 2.75) is 25.8 Å². The van der Waals surface area contributed by atoms with E-state index in [9.17, 15) is 9.59 Å². The summed E-state index contributed by atoms with van der Waals surface area (Å²) in [6.07, 6.45) is 1.45. The van der Waals surface area contributed by atoms with Crippen molar-refractivity contribution >= 4 is 40.8 Å². The highest BCUT2D eigenvalue weighted by atomic mass is 35.5. The maximum Gasteiger partial charge on any atom is 0.329 e. The third-order valence-corrected chi connectivity index (χ3v) is 3.50. The molecule has 0 spiro atoms. The first-order chi connectivity index (χ1) is 8.54. The third-order valence-electron chi connectivity index (χ3n) is 2.76. The van der Waals surface area contributed by atoms with E-state index in [1.165, 1.54) is 6.07 Å². The molecule has 18 heavy (non-hydrogen) atoms. The van der Waals surface area contributed by atoms with E-state index in [0.29, 0.717) is 22.2 Å². The number of amides is 3. The number of hydrogen-bond acceptors (Lipinski definition) is 2. The van der Waals surface area contributed by atoms with Gasteiger partial charge in [0.25, 0.3) is 5.91 Å². The molecule has 1 aliphatic rings. The third kappa shape index (κ3) is 2.31. The predicted molar refractivity (Wildman–Crippen MR) is 71.2 cm³/mol. The van der Waals surface area contributed by atoms with Crippen molar-refractivity contribution in [3.05, 3.63) is 28.2 Å². The lowest BCUT2D eigenvalue weighted by atomic mass is 10.1. The molecular formula is C12H12Cl2N2O2. The lowest BCUT2D eigenvalue weighted by Gasteiger charge is -2.13. The molecule has 0 bridgehead atoms. The molecule has 1 aliphatic heterocycles. The Bertz CT molecular complexity index is 505. The predicted octanol–water partition coefficient (Wildman–Crippen LogP) is 3.22. The highest BCUT2D eigenvalue weighted by Crippen LogP contribution is 2.29. The average molecular weight is 287 g/mol. The second kappa shape index (κ2) is 5.16. The van der Waals surface area contributed by atoms with Gasteiger partial charge in [-0.25, -0.2) is 9.69 Å². The number of imide groups is 1. The molecule has 3 amide bonds. The van der Waals surface area contributed by atoms with Gasteiger partial charge in [0.05, 0.1) is 15.7 Å². The van der Waals surface area contributed by atoms with Gasteiger partial charge in [0.2, 0.25) is 0 Å². The molecule has 1 atom stereocenters. The largest absolute Gasteiger partial charge is 0.329 e. The van der Waals surface area contributed by atoms with Crippen LogP contribution in [0.5, 0.6) is 0 Å². The summed E-state index contributed by atoms with van der Waals surface area (Å²) >= 11 is 11.7. The second-order valence-corrected chi connectivity index (χ2v) is 4.88. The molecule has 1 N–H and O–H groups in total. The fourth-order valence-electron chi connectivity index (χ4n) is 1.88. The Morgan fingerprint density at radius 1 is 1.28 bits per heavy atom. The van der Waals surface area contributed by atoms with Gasteiger partial charge in [-0.1, -0.05) is 36.5 Å². The van der Waals surface area contributed by atoms with Crippen LogP contribution in [0.4, 0.5) is 10.5 Å². The first kappa shape index (κ1) is 13.2. The molecule has 0 saturated carbocycles. The molecule has 1 aromatic carbocycles. The Hall–Kier alpha value is -1.26. The Balaban J connectivity index is 2.30. The summed E-state index contributed by atoms with van der Waals surface area (Å²) < 4.78 is 0. The molecule has 1 heterocycles. The average Bonchev–Trinajstić information content (AvgIpc) is 2.59. The summed E-state index contributed by atoms with van der Waals surface area (Å²) in [5.41, 5.74) is 0.436. The van der Waals surface area contributed by atoms with Gasteiger partial charge in [-0.05, 0) is 24.6 Å². The molecular weight excluding hydrogens is 275 g/mol. The van der Waals surface area contributed by atoms with Crippen molar-refractivity contribution in [2.24, 2.45) is 0 Å². The number of hydrogen-bond donors (Lipinski definition) is 1. The fourth-order valence-corrected chi connectivity index (χ4v) is 2.18. The van der Waals surface area contributed by atoms with Crippen LogP contribution in [0.2, 0.25) is 10.0 Å². The van der Waals surface area contributed by atoms with Crippen molar-refractivity contribution in [2.75, 3.05) is 4.90 Å². The highest BCUT2D eigenvalue weighted by Gasteiger charge is 2.38. The van der Waals surface area contributed by atoms with Crippen molar-refractivity contribution in [1.82, 2.24) is 5.32 Å². The minimum Gasteiger partial charge on any atom is -0.325 e. The number of benzene rings is 1. The molecule has 0 aromatic heterocycles. The zero-order valence-corrected chi connectivity index (χ0v) is 11.3. The molecule has 4 nitrogen and oxygen atoms in total. The van der Waals surface area contributed by atoms with Crippen LogP contribution in [0, 0.1) is 0 Å². The quantitative estimate of drug-likeness (QED) is 0.868. The highest BCUT2D eigenvalue weighted by molar-refractivity contribution is 6.42. The van der Waals surface area contributed by atoms with Crippen LogP contribution in [-0.4, -0.2) is 18.0 Å². The summed E-state index contributed by atoms with van der Waals surface area (Å²) in [4.78, 5) is 25.0. The first-order valence-corrected chi connectivity index (χ1v) is 6.39. The molecule has 96 valence electrons. The van der Waals surface area contributed by atoms with Gasteiger partial charge >= 0.3 is 6.03 Å². The fraction of sp³-hybridized carbons (Fsp3) is 0.333. The van der Waals surface area contributed by atoms with Crippen molar-refractivity contribution < 1.29 is 9.59 Å². The van der Waals surface area contributed by atoms with E-state index in [0.717, 1.165) is 11.3 Å². The molecule has 1 saturated heterocycles. The number of anilines is 1. The minimum atomic E-state index is -0.447. The normalized spacial score (nSPS) is 19.3.